The Morgan fingerprint density at radius 3 is 2.44 bits per heavy atom. The third-order valence-electron chi connectivity index (χ3n) is 4.69. The Balaban J connectivity index is 1.48. The van der Waals surface area contributed by atoms with Crippen LogP contribution in [0.3, 0.4) is 0 Å². The lowest BCUT2D eigenvalue weighted by Crippen LogP contribution is -2.49. The van der Waals surface area contributed by atoms with Crippen LogP contribution < -0.4 is 9.64 Å². The molecule has 146 valence electrons. The standard InChI is InChI=1S/C20H25FN2O3S/c1-26-20-5-3-2-4-19(20)23-12-10-22(11-13-23)14-17(24)15-27(25)18-8-6-16(21)7-9-18/h2-9,17,24H,10-15H2,1H3. The highest BCUT2D eigenvalue weighted by Gasteiger charge is 2.24. The zero-order chi connectivity index (χ0) is 19.2. The SMILES string of the molecule is COc1ccccc1N1CCN(CC(O)C[S+]([O-])c2ccc(F)cc2)CC1. The molecule has 0 saturated carbocycles. The van der Waals surface area contributed by atoms with Crippen molar-refractivity contribution >= 4 is 16.9 Å². The average molecular weight is 392 g/mol. The van der Waals surface area contributed by atoms with Crippen LogP contribution in [0.15, 0.2) is 53.4 Å². The predicted molar refractivity (Wildman–Crippen MR) is 105 cm³/mol. The van der Waals surface area contributed by atoms with Crippen LogP contribution in [0.1, 0.15) is 0 Å². The van der Waals surface area contributed by atoms with Gasteiger partial charge in [-0.2, -0.15) is 0 Å². The molecular weight excluding hydrogens is 367 g/mol. The van der Waals surface area contributed by atoms with E-state index in [2.05, 4.69) is 15.9 Å². The maximum atomic E-state index is 13.0. The van der Waals surface area contributed by atoms with Crippen LogP contribution in [0.25, 0.3) is 0 Å². The zero-order valence-electron chi connectivity index (χ0n) is 15.4. The molecule has 5 nitrogen and oxygen atoms in total. The minimum Gasteiger partial charge on any atom is -0.611 e. The van der Waals surface area contributed by atoms with E-state index in [9.17, 15) is 14.0 Å². The maximum absolute atomic E-state index is 13.0. The normalized spacial score (nSPS) is 17.6. The summed E-state index contributed by atoms with van der Waals surface area (Å²) in [5.74, 6) is 0.656. The van der Waals surface area contributed by atoms with Crippen LogP contribution in [0.5, 0.6) is 5.75 Å². The minimum atomic E-state index is -1.34. The van der Waals surface area contributed by atoms with E-state index in [-0.39, 0.29) is 11.6 Å². The summed E-state index contributed by atoms with van der Waals surface area (Å²) in [6.07, 6.45) is -0.686. The number of ether oxygens (including phenoxy) is 1. The molecular formula is C20H25FN2O3S. The molecule has 1 N–H and O–H groups in total. The molecule has 7 heteroatoms. The van der Waals surface area contributed by atoms with Gasteiger partial charge >= 0.3 is 0 Å². The molecule has 2 unspecified atom stereocenters. The quantitative estimate of drug-likeness (QED) is 0.732. The Labute approximate surface area is 162 Å². The molecule has 0 radical (unpaired) electrons. The number of rotatable bonds is 7. The number of piperazine rings is 1. The number of hydrogen-bond acceptors (Lipinski definition) is 5. The van der Waals surface area contributed by atoms with Crippen molar-refractivity contribution in [2.24, 2.45) is 0 Å². The van der Waals surface area contributed by atoms with Crippen LogP contribution in [-0.2, 0) is 11.2 Å². The third-order valence-corrected chi connectivity index (χ3v) is 6.17. The molecule has 0 bridgehead atoms. The van der Waals surface area contributed by atoms with E-state index in [4.69, 9.17) is 4.74 Å². The van der Waals surface area contributed by atoms with Crippen molar-refractivity contribution in [3.63, 3.8) is 0 Å². The van der Waals surface area contributed by atoms with Gasteiger partial charge in [0.1, 0.15) is 23.4 Å². The summed E-state index contributed by atoms with van der Waals surface area (Å²) in [7, 11) is 1.67. The second-order valence-corrected chi connectivity index (χ2v) is 8.08. The maximum Gasteiger partial charge on any atom is 0.152 e. The Bertz CT molecular complexity index is 723. The van der Waals surface area contributed by atoms with Crippen molar-refractivity contribution in [2.75, 3.05) is 50.5 Å². The van der Waals surface area contributed by atoms with Gasteiger partial charge in [0.05, 0.1) is 12.8 Å². The molecule has 2 aromatic carbocycles. The van der Waals surface area contributed by atoms with E-state index in [1.54, 1.807) is 7.11 Å². The van der Waals surface area contributed by atoms with Gasteiger partial charge in [0.15, 0.2) is 4.90 Å². The van der Waals surface area contributed by atoms with Gasteiger partial charge in [-0.1, -0.05) is 12.1 Å². The van der Waals surface area contributed by atoms with Gasteiger partial charge in [0.2, 0.25) is 0 Å². The van der Waals surface area contributed by atoms with E-state index >= 15 is 0 Å². The zero-order valence-corrected chi connectivity index (χ0v) is 16.2. The van der Waals surface area contributed by atoms with E-state index < -0.39 is 17.3 Å². The third kappa shape index (κ3) is 5.35. The molecule has 1 aliphatic heterocycles. The van der Waals surface area contributed by atoms with E-state index in [0.29, 0.717) is 11.4 Å². The molecule has 0 spiro atoms. The first-order valence-corrected chi connectivity index (χ1v) is 10.3. The Hall–Kier alpha value is -1.80. The number of β-amino-alcohol motifs (C(OH)–C–C–N with tert-alkyl or cyclic N) is 1. The van der Waals surface area contributed by atoms with Crippen LogP contribution in [0.4, 0.5) is 10.1 Å². The summed E-state index contributed by atoms with van der Waals surface area (Å²) in [4.78, 5) is 4.99. The van der Waals surface area contributed by atoms with Gasteiger partial charge in [-0.05, 0) is 47.6 Å². The first-order valence-electron chi connectivity index (χ1n) is 8.99. The van der Waals surface area contributed by atoms with Gasteiger partial charge in [-0.15, -0.1) is 0 Å². The van der Waals surface area contributed by atoms with Crippen LogP contribution in [-0.4, -0.2) is 66.2 Å². The lowest BCUT2D eigenvalue weighted by molar-refractivity contribution is 0.124. The fourth-order valence-electron chi connectivity index (χ4n) is 3.27. The molecule has 2 atom stereocenters. The monoisotopic (exact) mass is 392 g/mol. The van der Waals surface area contributed by atoms with E-state index in [0.717, 1.165) is 37.6 Å². The number of benzene rings is 2. The summed E-state index contributed by atoms with van der Waals surface area (Å²) in [5, 5.41) is 10.3. The number of aliphatic hydroxyl groups excluding tert-OH is 1. The number of para-hydroxylation sites is 2. The number of nitrogens with zero attached hydrogens (tertiary/aromatic N) is 2. The summed E-state index contributed by atoms with van der Waals surface area (Å²) in [6.45, 7) is 3.80. The van der Waals surface area contributed by atoms with Crippen molar-refractivity contribution in [3.8, 4) is 5.75 Å². The van der Waals surface area contributed by atoms with Gasteiger partial charge in [0.25, 0.3) is 0 Å². The fraction of sp³-hybridized carbons (Fsp3) is 0.400. The van der Waals surface area contributed by atoms with Gasteiger partial charge < -0.3 is 19.3 Å². The van der Waals surface area contributed by atoms with Crippen molar-refractivity contribution in [3.05, 3.63) is 54.3 Å². The van der Waals surface area contributed by atoms with E-state index in [1.165, 1.54) is 24.3 Å². The molecule has 1 aliphatic rings. The number of methoxy groups -OCH3 is 1. The molecule has 1 heterocycles. The smallest absolute Gasteiger partial charge is 0.152 e. The summed E-state index contributed by atoms with van der Waals surface area (Å²) < 4.78 is 30.7. The van der Waals surface area contributed by atoms with Crippen molar-refractivity contribution in [2.45, 2.75) is 11.0 Å². The Kier molecular flexibility index (Phi) is 6.95. The van der Waals surface area contributed by atoms with Crippen LogP contribution in [0.2, 0.25) is 0 Å². The number of aliphatic hydroxyl groups is 1. The summed E-state index contributed by atoms with van der Waals surface area (Å²) in [5.41, 5.74) is 1.08. The molecule has 1 fully saturated rings. The molecule has 3 rings (SSSR count). The Morgan fingerprint density at radius 2 is 1.78 bits per heavy atom. The highest BCUT2D eigenvalue weighted by atomic mass is 32.2. The largest absolute Gasteiger partial charge is 0.611 e. The molecule has 2 aromatic rings. The topological polar surface area (TPSA) is 59.0 Å². The molecule has 0 amide bonds. The second-order valence-electron chi connectivity index (χ2n) is 6.58. The first-order chi connectivity index (χ1) is 13.1. The number of halogens is 1. The summed E-state index contributed by atoms with van der Waals surface area (Å²) in [6, 6.07) is 13.5. The number of anilines is 1. The van der Waals surface area contributed by atoms with Crippen LogP contribution in [0, 0.1) is 5.82 Å². The highest BCUT2D eigenvalue weighted by Crippen LogP contribution is 2.28. The highest BCUT2D eigenvalue weighted by molar-refractivity contribution is 7.91. The molecule has 0 aliphatic carbocycles. The lowest BCUT2D eigenvalue weighted by Gasteiger charge is -2.37. The molecule has 1 saturated heterocycles. The lowest BCUT2D eigenvalue weighted by atomic mass is 10.2. The fourth-order valence-corrected chi connectivity index (χ4v) is 4.36. The molecule has 0 aromatic heterocycles. The molecule has 27 heavy (non-hydrogen) atoms. The number of hydrogen-bond donors (Lipinski definition) is 1. The second kappa shape index (κ2) is 9.41. The van der Waals surface area contributed by atoms with E-state index in [1.807, 2.05) is 18.2 Å². The minimum absolute atomic E-state index is 0.151. The van der Waals surface area contributed by atoms with Gasteiger partial charge in [-0.25, -0.2) is 4.39 Å². The van der Waals surface area contributed by atoms with Crippen molar-refractivity contribution in [1.82, 2.24) is 4.90 Å². The van der Waals surface area contributed by atoms with Crippen molar-refractivity contribution < 1.29 is 18.8 Å². The predicted octanol–water partition coefficient (Wildman–Crippen LogP) is 2.12. The van der Waals surface area contributed by atoms with Gasteiger partial charge in [0, 0.05) is 32.7 Å². The van der Waals surface area contributed by atoms with Crippen molar-refractivity contribution in [1.29, 1.82) is 0 Å². The Morgan fingerprint density at radius 1 is 1.11 bits per heavy atom. The van der Waals surface area contributed by atoms with Crippen LogP contribution >= 0.6 is 0 Å². The summed E-state index contributed by atoms with van der Waals surface area (Å²) >= 11 is -1.34. The first kappa shape index (κ1) is 19.9. The average Bonchev–Trinajstić information content (AvgIpc) is 2.69. The van der Waals surface area contributed by atoms with Gasteiger partial charge in [-0.3, -0.25) is 4.90 Å².